The third kappa shape index (κ3) is 24.7. The second-order valence-electron chi connectivity index (χ2n) is 25.7. The van der Waals surface area contributed by atoms with Crippen LogP contribution in [0.5, 0.6) is 11.5 Å². The Balaban J connectivity index is 0.000000408. The number of carbonyl (C=O) groups is 1. The van der Waals surface area contributed by atoms with E-state index in [0.717, 1.165) is 16.8 Å². The van der Waals surface area contributed by atoms with Crippen molar-refractivity contribution in [3.8, 4) is 11.5 Å². The monoisotopic (exact) mass is 1090 g/mol. The summed E-state index contributed by atoms with van der Waals surface area (Å²) < 4.78 is 40.2. The molecule has 0 aliphatic carbocycles. The maximum absolute atomic E-state index is 11.4. The van der Waals surface area contributed by atoms with Gasteiger partial charge < -0.3 is 84.9 Å². The Bertz CT molecular complexity index is 2230. The zero-order valence-electron chi connectivity index (χ0n) is 48.8. The van der Waals surface area contributed by atoms with Gasteiger partial charge in [0, 0.05) is 28.2 Å². The average molecular weight is 1090 g/mol. The van der Waals surface area contributed by atoms with Crippen LogP contribution < -0.4 is 25.4 Å². The number of anilines is 3. The van der Waals surface area contributed by atoms with Gasteiger partial charge in [-0.3, -0.25) is 0 Å². The van der Waals surface area contributed by atoms with E-state index in [1.54, 1.807) is 19.1 Å². The molecule has 18 nitrogen and oxygen atoms in total. The highest BCUT2D eigenvalue weighted by Crippen LogP contribution is 2.36. The number of aliphatic hydroxyl groups is 6. The van der Waals surface area contributed by atoms with Gasteiger partial charge in [0.2, 0.25) is 12.6 Å². The number of hydrogen-bond acceptors (Lipinski definition) is 17. The van der Waals surface area contributed by atoms with E-state index in [1.807, 2.05) is 107 Å². The van der Waals surface area contributed by atoms with Crippen molar-refractivity contribution in [2.75, 3.05) is 22.6 Å². The maximum atomic E-state index is 11.4. The predicted molar refractivity (Wildman–Crippen MR) is 302 cm³/mol. The molecule has 3 aromatic rings. The first-order valence-corrected chi connectivity index (χ1v) is 26.1. The van der Waals surface area contributed by atoms with Gasteiger partial charge in [-0.2, -0.15) is 0 Å². The number of aliphatic carboxylic acids is 1. The Morgan fingerprint density at radius 3 is 1.27 bits per heavy atom. The topological polar surface area (TPSA) is 259 Å². The molecule has 2 aliphatic heterocycles. The first-order valence-electron chi connectivity index (χ1n) is 26.1. The zero-order valence-corrected chi connectivity index (χ0v) is 48.8. The van der Waals surface area contributed by atoms with E-state index >= 15 is 0 Å². The molecule has 10 N–H and O–H groups in total. The second kappa shape index (κ2) is 28.2. The molecule has 5 rings (SSSR count). The van der Waals surface area contributed by atoms with Gasteiger partial charge in [-0.05, 0) is 178 Å². The van der Waals surface area contributed by atoms with Gasteiger partial charge in [0.25, 0.3) is 0 Å². The fourth-order valence-corrected chi connectivity index (χ4v) is 7.31. The summed E-state index contributed by atoms with van der Waals surface area (Å²) in [7, 11) is 0. The molecule has 0 spiro atoms. The molecular formula is C59H99N3O15. The van der Waals surface area contributed by atoms with Crippen molar-refractivity contribution < 1.29 is 73.7 Å². The van der Waals surface area contributed by atoms with Crippen LogP contribution in [0.15, 0.2) is 60.7 Å². The Hall–Kier alpha value is -4.31. The fourth-order valence-electron chi connectivity index (χ4n) is 7.31. The van der Waals surface area contributed by atoms with Crippen LogP contribution >= 0.6 is 0 Å². The number of carboxylic acid groups (broad SMARTS) is 1. The third-order valence-corrected chi connectivity index (χ3v) is 11.1. The zero-order chi connectivity index (χ0) is 57.9. The molecule has 10 atom stereocenters. The molecule has 0 aromatic heterocycles. The van der Waals surface area contributed by atoms with E-state index in [4.69, 9.17) is 33.2 Å². The first-order chi connectivity index (χ1) is 34.6. The Labute approximate surface area is 460 Å². The lowest BCUT2D eigenvalue weighted by Gasteiger charge is -2.40. The molecule has 440 valence electrons. The summed E-state index contributed by atoms with van der Waals surface area (Å²) in [5.41, 5.74) is 4.54. The number of aliphatic hydroxyl groups excluding tert-OH is 6. The van der Waals surface area contributed by atoms with E-state index in [1.165, 1.54) is 5.56 Å². The lowest BCUT2D eigenvalue weighted by molar-refractivity contribution is -0.277. The minimum absolute atomic E-state index is 0. The van der Waals surface area contributed by atoms with E-state index in [9.17, 15) is 40.5 Å². The summed E-state index contributed by atoms with van der Waals surface area (Å²) in [4.78, 5) is 11.4. The molecule has 0 amide bonds. The number of benzene rings is 3. The lowest BCUT2D eigenvalue weighted by atomic mass is 9.92. The van der Waals surface area contributed by atoms with Gasteiger partial charge in [0.15, 0.2) is 6.10 Å². The van der Waals surface area contributed by atoms with Gasteiger partial charge >= 0.3 is 5.97 Å². The minimum atomic E-state index is -1.57. The van der Waals surface area contributed by atoms with Gasteiger partial charge in [-0.25, -0.2) is 4.79 Å². The minimum Gasteiger partial charge on any atom is -0.479 e. The van der Waals surface area contributed by atoms with Crippen LogP contribution in [0.1, 0.15) is 156 Å². The number of rotatable bonds is 15. The SMILES string of the molecule is C.CC(C)(C)Nc1cc(COC(C)(C)C)ccc1OC1OC(CO)C(O)C(O)C1O.CC(C)(C)Nc1ccc(COC(C)(C)C)cc1.CC1C(Oc2ccc(COC(C)(C)C)cc2NC(C)(C)C)OC(C(=O)O)C(O)C1O. The molecule has 10 unspecified atom stereocenters. The molecule has 0 saturated carbocycles. The Morgan fingerprint density at radius 1 is 0.506 bits per heavy atom. The van der Waals surface area contributed by atoms with Gasteiger partial charge in [0.1, 0.15) is 42.0 Å². The molecule has 2 heterocycles. The summed E-state index contributed by atoms with van der Waals surface area (Å²) in [5.74, 6) is -1.13. The van der Waals surface area contributed by atoms with Crippen LogP contribution in [0.25, 0.3) is 0 Å². The summed E-state index contributed by atoms with van der Waals surface area (Å²) in [6.07, 6.45) is -12.1. The molecule has 2 saturated heterocycles. The molecule has 0 bridgehead atoms. The van der Waals surface area contributed by atoms with Crippen LogP contribution in [0.4, 0.5) is 17.1 Å². The standard InChI is InChI=1S/C22H35NO7.C21H35NO7.C15H25NO.CH4/c1-12-16(24)17(25)18(19(26)27)30-20(12)29-15-9-8-13(11-28-22(5,6)7)10-14(15)23-21(2,3)4;1-20(2,3)22-13-9-12(11-27-21(4,5)6)7-8-14(13)28-19-18(26)17(25)16(24)15(10-23)29-19;1-14(2,3)16-13-9-7-12(8-10-13)11-17-15(4,5)6;/h8-10,12,16-18,20,23-25H,11H2,1-7H3,(H,26,27);7-9,15-19,22-26H,10-11H2,1-6H3;7-10,16H,11H2,1-6H3;1H4. The third-order valence-electron chi connectivity index (χ3n) is 11.1. The van der Waals surface area contributed by atoms with Crippen molar-refractivity contribution in [2.45, 2.75) is 248 Å². The number of nitrogens with one attached hydrogen (secondary N) is 3. The lowest BCUT2D eigenvalue weighted by Crippen LogP contribution is -2.60. The van der Waals surface area contributed by atoms with Crippen molar-refractivity contribution in [3.05, 3.63) is 77.4 Å². The van der Waals surface area contributed by atoms with Crippen molar-refractivity contribution in [1.82, 2.24) is 0 Å². The van der Waals surface area contributed by atoms with Crippen molar-refractivity contribution >= 4 is 23.0 Å². The largest absolute Gasteiger partial charge is 0.479 e. The van der Waals surface area contributed by atoms with E-state index in [0.29, 0.717) is 42.7 Å². The van der Waals surface area contributed by atoms with Crippen LogP contribution in [0.2, 0.25) is 0 Å². The first kappa shape index (κ1) is 68.8. The highest BCUT2D eigenvalue weighted by Gasteiger charge is 2.47. The molecule has 77 heavy (non-hydrogen) atoms. The van der Waals surface area contributed by atoms with Crippen LogP contribution in [-0.2, 0) is 48.3 Å². The average Bonchev–Trinajstić information content (AvgIpc) is 3.27. The van der Waals surface area contributed by atoms with Gasteiger partial charge in [-0.15, -0.1) is 0 Å². The summed E-state index contributed by atoms with van der Waals surface area (Å²) in [6.45, 7) is 39.3. The highest BCUT2D eigenvalue weighted by molar-refractivity contribution is 5.73. The number of ether oxygens (including phenoxy) is 7. The van der Waals surface area contributed by atoms with E-state index in [2.05, 4.69) is 81.8 Å². The van der Waals surface area contributed by atoms with Gasteiger partial charge in [-0.1, -0.05) is 38.6 Å². The summed E-state index contributed by atoms with van der Waals surface area (Å²) in [6, 6.07) is 19.5. The summed E-state index contributed by atoms with van der Waals surface area (Å²) >= 11 is 0. The molecular weight excluding hydrogens is 991 g/mol. The molecule has 18 heteroatoms. The van der Waals surface area contributed by atoms with Crippen LogP contribution in [0, 0.1) is 5.92 Å². The van der Waals surface area contributed by atoms with Crippen molar-refractivity contribution in [1.29, 1.82) is 0 Å². The number of carboxylic acids is 1. The molecule has 2 aliphatic rings. The fraction of sp³-hybridized carbons (Fsp3) is 0.678. The van der Waals surface area contributed by atoms with Crippen molar-refractivity contribution in [2.24, 2.45) is 5.92 Å². The van der Waals surface area contributed by atoms with Crippen LogP contribution in [0.3, 0.4) is 0 Å². The smallest absolute Gasteiger partial charge is 0.335 e. The normalized spacial score (nSPS) is 24.2. The molecule has 0 radical (unpaired) electrons. The van der Waals surface area contributed by atoms with Crippen LogP contribution in [-0.4, -0.2) is 137 Å². The number of hydrogen-bond donors (Lipinski definition) is 10. The quantitative estimate of drug-likeness (QED) is 0.0681. The predicted octanol–water partition coefficient (Wildman–Crippen LogP) is 9.00. The second-order valence-corrected chi connectivity index (χ2v) is 25.7. The highest BCUT2D eigenvalue weighted by atomic mass is 16.7. The van der Waals surface area contributed by atoms with E-state index in [-0.39, 0.29) is 40.8 Å². The Morgan fingerprint density at radius 2 is 0.896 bits per heavy atom. The molecule has 2 fully saturated rings. The Kier molecular flexibility index (Phi) is 25.2. The van der Waals surface area contributed by atoms with Crippen molar-refractivity contribution in [3.63, 3.8) is 0 Å². The van der Waals surface area contributed by atoms with E-state index < -0.39 is 73.8 Å². The maximum Gasteiger partial charge on any atom is 0.335 e. The molecule has 3 aromatic carbocycles. The summed E-state index contributed by atoms with van der Waals surface area (Å²) in [5, 5.41) is 79.2. The van der Waals surface area contributed by atoms with Gasteiger partial charge in [0.05, 0.1) is 60.7 Å².